The minimum atomic E-state index is -0.468. The molecule has 1 aliphatic heterocycles. The molecule has 1 spiro atoms. The molecule has 2 aliphatic carbocycles. The van der Waals surface area contributed by atoms with Gasteiger partial charge in [0.05, 0.1) is 16.6 Å². The molecule has 7 aromatic carbocycles. The SMILES string of the molecule is C1=CC(c2nc(-c3ccccc3)nc3ccccc23)CC=C1c1ccccc1-c1ccc2c(c1)Oc1ccccc1C21c2ccccc2-c2ccccc21. The molecule has 0 N–H and O–H groups in total. The summed E-state index contributed by atoms with van der Waals surface area (Å²) in [5.41, 5.74) is 14.8. The first-order valence-electron chi connectivity index (χ1n) is 18.7. The number of nitrogens with zero attached hydrogens (tertiary/aromatic N) is 2. The molecule has 2 heterocycles. The molecule has 254 valence electrons. The van der Waals surface area contributed by atoms with E-state index in [-0.39, 0.29) is 5.92 Å². The van der Waals surface area contributed by atoms with Crippen LogP contribution in [0.25, 0.3) is 50.1 Å². The first-order valence-corrected chi connectivity index (χ1v) is 18.7. The van der Waals surface area contributed by atoms with Gasteiger partial charge >= 0.3 is 0 Å². The number of para-hydroxylation sites is 2. The van der Waals surface area contributed by atoms with Crippen molar-refractivity contribution in [2.75, 3.05) is 0 Å². The number of aromatic nitrogens is 2. The maximum absolute atomic E-state index is 6.84. The molecule has 1 atom stereocenters. The fourth-order valence-electron chi connectivity index (χ4n) is 9.14. The van der Waals surface area contributed by atoms with Crippen LogP contribution in [0.1, 0.15) is 45.8 Å². The molecule has 54 heavy (non-hydrogen) atoms. The minimum absolute atomic E-state index is 0.141. The monoisotopic (exact) mass is 690 g/mol. The topological polar surface area (TPSA) is 35.0 Å². The second kappa shape index (κ2) is 12.1. The largest absolute Gasteiger partial charge is 0.457 e. The smallest absolute Gasteiger partial charge is 0.160 e. The first-order chi connectivity index (χ1) is 26.8. The summed E-state index contributed by atoms with van der Waals surface area (Å²) in [6.07, 6.45) is 7.82. The quantitative estimate of drug-likeness (QED) is 0.184. The third kappa shape index (κ3) is 4.55. The van der Waals surface area contributed by atoms with Crippen molar-refractivity contribution in [3.8, 4) is 45.1 Å². The zero-order chi connectivity index (χ0) is 35.6. The zero-order valence-corrected chi connectivity index (χ0v) is 29.5. The number of ether oxygens (including phenoxy) is 1. The molecule has 1 unspecified atom stereocenters. The predicted octanol–water partition coefficient (Wildman–Crippen LogP) is 12.6. The van der Waals surface area contributed by atoms with Gasteiger partial charge in [-0.05, 0) is 69.1 Å². The Morgan fingerprint density at radius 1 is 0.500 bits per heavy atom. The van der Waals surface area contributed by atoms with Crippen LogP contribution in [0.15, 0.2) is 188 Å². The normalized spacial score (nSPS) is 15.9. The van der Waals surface area contributed by atoms with Gasteiger partial charge in [-0.2, -0.15) is 0 Å². The van der Waals surface area contributed by atoms with Crippen molar-refractivity contribution in [2.45, 2.75) is 17.8 Å². The summed E-state index contributed by atoms with van der Waals surface area (Å²) in [5, 5.41) is 1.10. The average Bonchev–Trinajstić information content (AvgIpc) is 3.54. The highest BCUT2D eigenvalue weighted by Gasteiger charge is 2.50. The van der Waals surface area contributed by atoms with Crippen molar-refractivity contribution >= 4 is 16.5 Å². The molecule has 11 rings (SSSR count). The van der Waals surface area contributed by atoms with Crippen LogP contribution < -0.4 is 4.74 Å². The molecule has 0 bridgehead atoms. The van der Waals surface area contributed by atoms with Gasteiger partial charge in [0, 0.05) is 28.0 Å². The van der Waals surface area contributed by atoms with Crippen molar-refractivity contribution in [3.63, 3.8) is 0 Å². The van der Waals surface area contributed by atoms with Gasteiger partial charge in [0.15, 0.2) is 5.82 Å². The summed E-state index contributed by atoms with van der Waals surface area (Å²) < 4.78 is 6.84. The van der Waals surface area contributed by atoms with E-state index < -0.39 is 5.41 Å². The highest BCUT2D eigenvalue weighted by Crippen LogP contribution is 2.62. The molecular weight excluding hydrogens is 657 g/mol. The standard InChI is InChI=1S/C51H34N2O/c1-2-14-35(15-3-1)50-52-46-24-12-8-20-41(46)49(53-50)34-28-26-33(27-29-34)37-16-4-5-17-38(37)36-30-31-45-48(32-36)54-47-25-13-11-23-44(47)51(45)42-21-9-6-18-39(42)40-19-7-10-22-43(40)51/h1-28,30-32,34H,29H2. The lowest BCUT2D eigenvalue weighted by Gasteiger charge is -2.39. The Hall–Kier alpha value is -6.84. The van der Waals surface area contributed by atoms with Crippen LogP contribution in [0.2, 0.25) is 0 Å². The van der Waals surface area contributed by atoms with E-state index in [4.69, 9.17) is 14.7 Å². The zero-order valence-electron chi connectivity index (χ0n) is 29.5. The van der Waals surface area contributed by atoms with Crippen LogP contribution in [-0.2, 0) is 5.41 Å². The Kier molecular flexibility index (Phi) is 6.90. The molecule has 0 amide bonds. The van der Waals surface area contributed by atoms with Gasteiger partial charge in [-0.15, -0.1) is 0 Å². The van der Waals surface area contributed by atoms with Gasteiger partial charge in [0.25, 0.3) is 0 Å². The Bertz CT molecular complexity index is 2800. The van der Waals surface area contributed by atoms with E-state index in [2.05, 4.69) is 170 Å². The van der Waals surface area contributed by atoms with Crippen LogP contribution >= 0.6 is 0 Å². The second-order valence-corrected chi connectivity index (χ2v) is 14.4. The summed E-state index contributed by atoms with van der Waals surface area (Å²) in [6, 6.07) is 60.5. The highest BCUT2D eigenvalue weighted by atomic mass is 16.5. The Morgan fingerprint density at radius 2 is 1.13 bits per heavy atom. The van der Waals surface area contributed by atoms with Crippen molar-refractivity contribution in [2.24, 2.45) is 0 Å². The highest BCUT2D eigenvalue weighted by molar-refractivity contribution is 5.91. The van der Waals surface area contributed by atoms with E-state index in [1.807, 2.05) is 18.2 Å². The van der Waals surface area contributed by atoms with E-state index in [1.54, 1.807) is 0 Å². The van der Waals surface area contributed by atoms with Crippen LogP contribution in [-0.4, -0.2) is 9.97 Å². The number of hydrogen-bond donors (Lipinski definition) is 0. The molecule has 3 heteroatoms. The molecule has 3 nitrogen and oxygen atoms in total. The van der Waals surface area contributed by atoms with Gasteiger partial charge in [0.1, 0.15) is 11.5 Å². The Labute approximate surface area is 314 Å². The maximum Gasteiger partial charge on any atom is 0.160 e. The summed E-state index contributed by atoms with van der Waals surface area (Å²) in [4.78, 5) is 10.1. The number of allylic oxidation sites excluding steroid dienone is 4. The molecule has 1 aromatic heterocycles. The fraction of sp³-hybridized carbons (Fsp3) is 0.0588. The van der Waals surface area contributed by atoms with Gasteiger partial charge in [-0.3, -0.25) is 0 Å². The van der Waals surface area contributed by atoms with Crippen molar-refractivity contribution in [1.82, 2.24) is 9.97 Å². The minimum Gasteiger partial charge on any atom is -0.457 e. The first kappa shape index (κ1) is 30.8. The van der Waals surface area contributed by atoms with Crippen LogP contribution in [0, 0.1) is 0 Å². The van der Waals surface area contributed by atoms with Gasteiger partial charge < -0.3 is 4.74 Å². The third-order valence-electron chi connectivity index (χ3n) is 11.5. The van der Waals surface area contributed by atoms with E-state index in [0.717, 1.165) is 51.5 Å². The molecule has 0 saturated heterocycles. The van der Waals surface area contributed by atoms with Crippen LogP contribution in [0.4, 0.5) is 0 Å². The number of hydrogen-bond acceptors (Lipinski definition) is 3. The van der Waals surface area contributed by atoms with Crippen molar-refractivity contribution < 1.29 is 4.74 Å². The lowest BCUT2D eigenvalue weighted by Crippen LogP contribution is -2.32. The number of fused-ring (bicyclic) bond motifs is 10. The lowest BCUT2D eigenvalue weighted by molar-refractivity contribution is 0.436. The van der Waals surface area contributed by atoms with E-state index in [1.165, 1.54) is 50.1 Å². The summed E-state index contributed by atoms with van der Waals surface area (Å²) in [7, 11) is 0. The van der Waals surface area contributed by atoms with E-state index in [0.29, 0.717) is 0 Å². The molecule has 3 aliphatic rings. The van der Waals surface area contributed by atoms with Crippen LogP contribution in [0.3, 0.4) is 0 Å². The summed E-state index contributed by atoms with van der Waals surface area (Å²) >= 11 is 0. The Morgan fingerprint density at radius 3 is 1.89 bits per heavy atom. The third-order valence-corrected chi connectivity index (χ3v) is 11.5. The van der Waals surface area contributed by atoms with Crippen LogP contribution in [0.5, 0.6) is 11.5 Å². The number of benzene rings is 7. The molecule has 0 saturated carbocycles. The number of rotatable bonds is 4. The average molecular weight is 691 g/mol. The lowest BCUT2D eigenvalue weighted by atomic mass is 9.66. The second-order valence-electron chi connectivity index (χ2n) is 14.4. The summed E-state index contributed by atoms with van der Waals surface area (Å²) in [5.74, 6) is 2.70. The fourth-order valence-corrected chi connectivity index (χ4v) is 9.14. The van der Waals surface area contributed by atoms with Crippen molar-refractivity contribution in [1.29, 1.82) is 0 Å². The molecule has 0 fully saturated rings. The van der Waals surface area contributed by atoms with Gasteiger partial charge in [0.2, 0.25) is 0 Å². The van der Waals surface area contributed by atoms with E-state index in [9.17, 15) is 0 Å². The summed E-state index contributed by atoms with van der Waals surface area (Å²) in [6.45, 7) is 0. The maximum atomic E-state index is 6.84. The van der Waals surface area contributed by atoms with Crippen molar-refractivity contribution in [3.05, 3.63) is 222 Å². The molecule has 8 aromatic rings. The van der Waals surface area contributed by atoms with Gasteiger partial charge in [-0.1, -0.05) is 170 Å². The molecular formula is C51H34N2O. The Balaban J connectivity index is 0.992. The van der Waals surface area contributed by atoms with Gasteiger partial charge in [-0.25, -0.2) is 9.97 Å². The molecule has 0 radical (unpaired) electrons. The van der Waals surface area contributed by atoms with E-state index >= 15 is 0 Å². The predicted molar refractivity (Wildman–Crippen MR) is 219 cm³/mol.